The van der Waals surface area contributed by atoms with Crippen LogP contribution in [0.4, 0.5) is 0 Å². The van der Waals surface area contributed by atoms with Crippen LogP contribution < -0.4 is 15.1 Å². The zero-order chi connectivity index (χ0) is 23.1. The lowest BCUT2D eigenvalue weighted by molar-refractivity contribution is 0.0731. The van der Waals surface area contributed by atoms with Gasteiger partial charge in [0.2, 0.25) is 5.75 Å². The first-order chi connectivity index (χ1) is 15.4. The van der Waals surface area contributed by atoms with E-state index in [1.165, 1.54) is 11.1 Å². The molecule has 0 aliphatic rings. The summed E-state index contributed by atoms with van der Waals surface area (Å²) in [6, 6.07) is 13.2. The van der Waals surface area contributed by atoms with E-state index in [0.29, 0.717) is 5.75 Å². The molecule has 1 N–H and O–H groups in total. The number of rotatable bonds is 8. The molecule has 0 fully saturated rings. The summed E-state index contributed by atoms with van der Waals surface area (Å²) >= 11 is 0. The van der Waals surface area contributed by atoms with Crippen molar-refractivity contribution in [3.63, 3.8) is 0 Å². The van der Waals surface area contributed by atoms with Crippen LogP contribution in [-0.2, 0) is 0 Å². The number of carbonyl (C=O) groups is 1. The van der Waals surface area contributed by atoms with E-state index in [-0.39, 0.29) is 28.9 Å². The van der Waals surface area contributed by atoms with Gasteiger partial charge in [-0.15, -0.1) is 0 Å². The predicted octanol–water partition coefficient (Wildman–Crippen LogP) is 5.79. The molecule has 0 bridgehead atoms. The molecule has 0 saturated carbocycles. The monoisotopic (exact) mass is 434 g/mol. The van der Waals surface area contributed by atoms with Crippen LogP contribution in [0.1, 0.15) is 44.0 Å². The highest BCUT2D eigenvalue weighted by Crippen LogP contribution is 2.36. The Kier molecular flexibility index (Phi) is 7.49. The van der Waals surface area contributed by atoms with Crippen molar-refractivity contribution in [2.24, 2.45) is 0 Å². The summed E-state index contributed by atoms with van der Waals surface area (Å²) in [4.78, 5) is 24.7. The number of aromatic hydroxyl groups is 1. The third-order valence-corrected chi connectivity index (χ3v) is 4.79. The van der Waals surface area contributed by atoms with Gasteiger partial charge in [0.1, 0.15) is 6.61 Å². The normalized spacial score (nSPS) is 11.3. The number of ether oxygens (including phenoxy) is 2. The first-order valence-corrected chi connectivity index (χ1v) is 10.3. The van der Waals surface area contributed by atoms with Gasteiger partial charge in [0.15, 0.2) is 17.1 Å². The number of carbonyl (C=O) groups excluding carboxylic acids is 1. The van der Waals surface area contributed by atoms with Crippen LogP contribution in [-0.4, -0.2) is 17.7 Å². The molecule has 2 aromatic carbocycles. The standard InChI is InChI=1S/C26H26O6/c1-17(2)9-7-10-18(3)15-16-30-21-14-8-13-20-23(21)31-26(29)22(27)24(20)32-25(28)19-11-5-4-6-12-19/h4-6,8-9,11-15,27H,7,10,16H2,1-3H3. The maximum Gasteiger partial charge on any atom is 0.382 e. The number of allylic oxidation sites excluding steroid dienone is 3. The highest BCUT2D eigenvalue weighted by molar-refractivity contribution is 5.96. The molecule has 6 nitrogen and oxygen atoms in total. The van der Waals surface area contributed by atoms with Gasteiger partial charge in [-0.25, -0.2) is 9.59 Å². The topological polar surface area (TPSA) is 86.0 Å². The number of esters is 1. The minimum absolute atomic E-state index is 0.0988. The van der Waals surface area contributed by atoms with E-state index >= 15 is 0 Å². The van der Waals surface area contributed by atoms with Crippen LogP contribution in [0.25, 0.3) is 11.0 Å². The Bertz CT molecular complexity index is 1210. The maximum atomic E-state index is 12.5. The summed E-state index contributed by atoms with van der Waals surface area (Å²) in [5, 5.41) is 10.5. The lowest BCUT2D eigenvalue weighted by Gasteiger charge is -2.11. The quantitative estimate of drug-likeness (QED) is 0.274. The van der Waals surface area contributed by atoms with Crippen molar-refractivity contribution in [3.8, 4) is 17.2 Å². The van der Waals surface area contributed by atoms with E-state index in [1.807, 2.05) is 13.0 Å². The number of fused-ring (bicyclic) bond motifs is 1. The Morgan fingerprint density at radius 1 is 1.03 bits per heavy atom. The highest BCUT2D eigenvalue weighted by atomic mass is 16.5. The number of benzene rings is 2. The number of hydrogen-bond donors (Lipinski definition) is 1. The van der Waals surface area contributed by atoms with Crippen LogP contribution in [0, 0.1) is 0 Å². The Morgan fingerprint density at radius 2 is 1.78 bits per heavy atom. The van der Waals surface area contributed by atoms with Crippen molar-refractivity contribution in [3.05, 3.63) is 87.8 Å². The minimum atomic E-state index is -1.02. The molecule has 0 aliphatic carbocycles. The van der Waals surface area contributed by atoms with Crippen molar-refractivity contribution in [1.82, 2.24) is 0 Å². The SMILES string of the molecule is CC(C)=CCCC(C)=CCOc1cccc2c(OC(=O)c3ccccc3)c(O)c(=O)oc12. The third-order valence-electron chi connectivity index (χ3n) is 4.79. The molecule has 3 rings (SSSR count). The Balaban J connectivity index is 1.85. The van der Waals surface area contributed by atoms with Crippen molar-refractivity contribution >= 4 is 16.9 Å². The lowest BCUT2D eigenvalue weighted by Crippen LogP contribution is -2.11. The van der Waals surface area contributed by atoms with E-state index in [0.717, 1.165) is 12.8 Å². The predicted molar refractivity (Wildman–Crippen MR) is 123 cm³/mol. The first kappa shape index (κ1) is 22.9. The van der Waals surface area contributed by atoms with Gasteiger partial charge in [-0.05, 0) is 64.0 Å². The van der Waals surface area contributed by atoms with Crippen molar-refractivity contribution in [2.75, 3.05) is 6.61 Å². The molecule has 166 valence electrons. The van der Waals surface area contributed by atoms with Crippen LogP contribution in [0.5, 0.6) is 17.2 Å². The lowest BCUT2D eigenvalue weighted by atomic mass is 10.1. The molecule has 32 heavy (non-hydrogen) atoms. The molecule has 1 heterocycles. The fraction of sp³-hybridized carbons (Fsp3) is 0.231. The average Bonchev–Trinajstić information content (AvgIpc) is 2.77. The molecular formula is C26H26O6. The average molecular weight is 434 g/mol. The number of para-hydroxylation sites is 1. The molecule has 0 amide bonds. The molecule has 3 aromatic rings. The molecule has 1 aromatic heterocycles. The molecule has 0 aliphatic heterocycles. The smallest absolute Gasteiger partial charge is 0.382 e. The van der Waals surface area contributed by atoms with Crippen molar-refractivity contribution in [2.45, 2.75) is 33.6 Å². The molecule has 0 radical (unpaired) electrons. The molecule has 0 spiro atoms. The highest BCUT2D eigenvalue weighted by Gasteiger charge is 2.21. The van der Waals surface area contributed by atoms with Gasteiger partial charge in [0.05, 0.1) is 10.9 Å². The van der Waals surface area contributed by atoms with Gasteiger partial charge in [-0.3, -0.25) is 0 Å². The second-order valence-corrected chi connectivity index (χ2v) is 7.64. The Labute approximate surface area is 186 Å². The largest absolute Gasteiger partial charge is 0.499 e. The van der Waals surface area contributed by atoms with E-state index in [1.54, 1.807) is 48.5 Å². The van der Waals surface area contributed by atoms with Gasteiger partial charge in [-0.1, -0.05) is 41.5 Å². The second-order valence-electron chi connectivity index (χ2n) is 7.64. The fourth-order valence-corrected chi connectivity index (χ4v) is 3.07. The fourth-order valence-electron chi connectivity index (χ4n) is 3.07. The van der Waals surface area contributed by atoms with Gasteiger partial charge >= 0.3 is 11.6 Å². The number of hydrogen-bond acceptors (Lipinski definition) is 6. The van der Waals surface area contributed by atoms with Crippen LogP contribution in [0.3, 0.4) is 0 Å². The summed E-state index contributed by atoms with van der Waals surface area (Å²) in [6.45, 7) is 6.45. The zero-order valence-electron chi connectivity index (χ0n) is 18.4. The zero-order valence-corrected chi connectivity index (χ0v) is 18.4. The summed E-state index contributed by atoms with van der Waals surface area (Å²) in [5.74, 6) is -1.42. The van der Waals surface area contributed by atoms with Crippen molar-refractivity contribution in [1.29, 1.82) is 0 Å². The van der Waals surface area contributed by atoms with Crippen LogP contribution in [0.2, 0.25) is 0 Å². The molecular weight excluding hydrogens is 408 g/mol. The van der Waals surface area contributed by atoms with E-state index in [4.69, 9.17) is 13.9 Å². The van der Waals surface area contributed by atoms with Crippen LogP contribution in [0.15, 0.2) is 81.0 Å². The maximum absolute atomic E-state index is 12.5. The Morgan fingerprint density at radius 3 is 2.50 bits per heavy atom. The first-order valence-electron chi connectivity index (χ1n) is 10.3. The van der Waals surface area contributed by atoms with Gasteiger partial charge < -0.3 is 19.0 Å². The minimum Gasteiger partial charge on any atom is -0.499 e. The Hall–Kier alpha value is -3.80. The summed E-state index contributed by atoms with van der Waals surface area (Å²) in [7, 11) is 0. The summed E-state index contributed by atoms with van der Waals surface area (Å²) in [6.07, 6.45) is 6.03. The van der Waals surface area contributed by atoms with Gasteiger partial charge in [0, 0.05) is 0 Å². The second kappa shape index (κ2) is 10.5. The van der Waals surface area contributed by atoms with Gasteiger partial charge in [-0.2, -0.15) is 0 Å². The molecule has 0 atom stereocenters. The summed E-state index contributed by atoms with van der Waals surface area (Å²) in [5.41, 5.74) is 1.83. The molecule has 0 unspecified atom stereocenters. The van der Waals surface area contributed by atoms with Gasteiger partial charge in [0.25, 0.3) is 0 Å². The van der Waals surface area contributed by atoms with E-state index < -0.39 is 17.3 Å². The van der Waals surface area contributed by atoms with Crippen molar-refractivity contribution < 1.29 is 23.8 Å². The third kappa shape index (κ3) is 5.66. The summed E-state index contributed by atoms with van der Waals surface area (Å²) < 4.78 is 16.4. The van der Waals surface area contributed by atoms with E-state index in [9.17, 15) is 14.7 Å². The van der Waals surface area contributed by atoms with E-state index in [2.05, 4.69) is 19.9 Å². The molecule has 6 heteroatoms. The molecule has 0 saturated heterocycles. The van der Waals surface area contributed by atoms with Crippen LogP contribution >= 0.6 is 0 Å².